The van der Waals surface area contributed by atoms with E-state index in [2.05, 4.69) is 11.1 Å². The fourth-order valence-electron chi connectivity index (χ4n) is 2.40. The third-order valence-electron chi connectivity index (χ3n) is 3.56. The zero-order valence-corrected chi connectivity index (χ0v) is 13.8. The average Bonchev–Trinajstić information content (AvgIpc) is 2.58. The molecular weight excluding hydrogens is 330 g/mol. The molecule has 0 radical (unpaired) electrons. The second-order valence-electron chi connectivity index (χ2n) is 5.21. The van der Waals surface area contributed by atoms with Gasteiger partial charge in [-0.15, -0.1) is 5.23 Å². The van der Waals surface area contributed by atoms with E-state index >= 15 is 0 Å². The second-order valence-corrected chi connectivity index (χ2v) is 5.21. The first-order valence-electron chi connectivity index (χ1n) is 7.44. The van der Waals surface area contributed by atoms with Gasteiger partial charge in [-0.1, -0.05) is 0 Å². The smallest absolute Gasteiger partial charge is 0.205 e. The van der Waals surface area contributed by atoms with Gasteiger partial charge in [0.1, 0.15) is 24.5 Å². The summed E-state index contributed by atoms with van der Waals surface area (Å²) in [5.41, 5.74) is 1.31. The van der Waals surface area contributed by atoms with Crippen molar-refractivity contribution in [2.24, 2.45) is 0 Å². The molecule has 9 nitrogen and oxygen atoms in total. The summed E-state index contributed by atoms with van der Waals surface area (Å²) in [6.07, 6.45) is 0.663. The Labute approximate surface area is 143 Å². The molecule has 25 heavy (non-hydrogen) atoms. The Morgan fingerprint density at radius 3 is 2.72 bits per heavy atom. The lowest BCUT2D eigenvalue weighted by molar-refractivity contribution is -0.277. The molecule has 1 aromatic carbocycles. The lowest BCUT2D eigenvalue weighted by Gasteiger charge is -2.31. The van der Waals surface area contributed by atoms with E-state index < -0.39 is 6.10 Å². The predicted molar refractivity (Wildman–Crippen MR) is 85.9 cm³/mol. The molecule has 9 heteroatoms. The van der Waals surface area contributed by atoms with Crippen LogP contribution in [0.1, 0.15) is 5.56 Å². The largest absolute Gasteiger partial charge is 0.493 e. The maximum atomic E-state index is 9.73. The van der Waals surface area contributed by atoms with Crippen molar-refractivity contribution < 1.29 is 29.0 Å². The number of nitrogens with zero attached hydrogens (tertiary/aromatic N) is 3. The SMILES string of the molecule is COC[C@@H](O)COc1cc2ncc(C#N)c(N3OCO3)c2cc1OC. The number of methoxy groups -OCH3 is 2. The number of aliphatic hydroxyl groups is 1. The Morgan fingerprint density at radius 2 is 2.12 bits per heavy atom. The summed E-state index contributed by atoms with van der Waals surface area (Å²) < 4.78 is 15.8. The van der Waals surface area contributed by atoms with Gasteiger partial charge in [0.05, 0.1) is 24.8 Å². The number of anilines is 1. The van der Waals surface area contributed by atoms with Crippen LogP contribution in [0.4, 0.5) is 5.69 Å². The zero-order chi connectivity index (χ0) is 17.8. The standard InChI is InChI=1S/C16H17N3O6/c1-21-7-11(20)8-23-15-4-13-12(3-14(15)22-2)16(19-24-9-25-19)10(5-17)6-18-13/h3-4,6,11,20H,7-9H2,1-2H3/t11-/m1/s1. The second kappa shape index (κ2) is 7.50. The monoisotopic (exact) mass is 347 g/mol. The minimum absolute atomic E-state index is 0.0389. The summed E-state index contributed by atoms with van der Waals surface area (Å²) in [7, 11) is 3.00. The van der Waals surface area contributed by atoms with Crippen LogP contribution in [0.5, 0.6) is 11.5 Å². The number of rotatable bonds is 7. The van der Waals surface area contributed by atoms with Crippen molar-refractivity contribution in [1.29, 1.82) is 5.26 Å². The molecule has 1 aliphatic heterocycles. The van der Waals surface area contributed by atoms with E-state index in [0.29, 0.717) is 33.7 Å². The average molecular weight is 347 g/mol. The van der Waals surface area contributed by atoms with Crippen LogP contribution in [0, 0.1) is 11.3 Å². The normalized spacial score (nSPS) is 14.7. The number of aromatic nitrogens is 1. The van der Waals surface area contributed by atoms with Gasteiger partial charge in [0.2, 0.25) is 6.79 Å². The van der Waals surface area contributed by atoms with Gasteiger partial charge in [0.25, 0.3) is 0 Å². The van der Waals surface area contributed by atoms with Gasteiger partial charge in [-0.05, 0) is 6.07 Å². The van der Waals surface area contributed by atoms with E-state index in [-0.39, 0.29) is 20.0 Å². The lowest BCUT2D eigenvalue weighted by Crippen LogP contribution is -2.37. The number of hydrogen-bond donors (Lipinski definition) is 1. The van der Waals surface area contributed by atoms with E-state index in [0.717, 1.165) is 0 Å². The lowest BCUT2D eigenvalue weighted by atomic mass is 10.1. The Hall–Kier alpha value is -2.64. The van der Waals surface area contributed by atoms with Gasteiger partial charge in [-0.25, -0.2) is 9.68 Å². The quantitative estimate of drug-likeness (QED) is 0.789. The Morgan fingerprint density at radius 1 is 1.32 bits per heavy atom. The van der Waals surface area contributed by atoms with Gasteiger partial charge >= 0.3 is 0 Å². The molecule has 1 N–H and O–H groups in total. The van der Waals surface area contributed by atoms with E-state index in [1.165, 1.54) is 25.6 Å². The zero-order valence-electron chi connectivity index (χ0n) is 13.8. The van der Waals surface area contributed by atoms with Gasteiger partial charge < -0.3 is 19.3 Å². The van der Waals surface area contributed by atoms with Crippen LogP contribution in [0.3, 0.4) is 0 Å². The van der Waals surface area contributed by atoms with Crippen LogP contribution in [-0.2, 0) is 14.4 Å². The van der Waals surface area contributed by atoms with Gasteiger partial charge in [-0.3, -0.25) is 4.98 Å². The van der Waals surface area contributed by atoms with Crippen molar-refractivity contribution in [3.05, 3.63) is 23.9 Å². The van der Waals surface area contributed by atoms with Crippen LogP contribution in [-0.4, -0.2) is 50.4 Å². The van der Waals surface area contributed by atoms with Gasteiger partial charge in [-0.2, -0.15) is 5.26 Å². The fourth-order valence-corrected chi connectivity index (χ4v) is 2.40. The van der Waals surface area contributed by atoms with E-state index in [1.807, 2.05) is 0 Å². The predicted octanol–water partition coefficient (Wildman–Crippen LogP) is 1.14. The molecule has 0 bridgehead atoms. The highest BCUT2D eigenvalue weighted by molar-refractivity contribution is 5.95. The number of fused-ring (bicyclic) bond motifs is 1. The third kappa shape index (κ3) is 3.42. The van der Waals surface area contributed by atoms with Crippen molar-refractivity contribution in [3.8, 4) is 17.6 Å². The number of pyridine rings is 1. The van der Waals surface area contributed by atoms with Crippen LogP contribution >= 0.6 is 0 Å². The molecule has 0 saturated carbocycles. The number of nitriles is 1. The first-order chi connectivity index (χ1) is 12.2. The third-order valence-corrected chi connectivity index (χ3v) is 3.56. The van der Waals surface area contributed by atoms with Crippen molar-refractivity contribution in [3.63, 3.8) is 0 Å². The molecule has 1 atom stereocenters. The summed E-state index contributed by atoms with van der Waals surface area (Å²) in [5, 5.41) is 20.8. The van der Waals surface area contributed by atoms with Crippen molar-refractivity contribution in [2.75, 3.05) is 39.5 Å². The van der Waals surface area contributed by atoms with Crippen LogP contribution in [0.15, 0.2) is 18.3 Å². The van der Waals surface area contributed by atoms with Crippen LogP contribution < -0.4 is 14.7 Å². The molecule has 2 heterocycles. The molecule has 1 fully saturated rings. The molecule has 2 aromatic rings. The highest BCUT2D eigenvalue weighted by Gasteiger charge is 2.25. The molecule has 0 amide bonds. The Bertz CT molecular complexity index is 803. The summed E-state index contributed by atoms with van der Waals surface area (Å²) in [4.78, 5) is 14.7. The van der Waals surface area contributed by atoms with Gasteiger partial charge in [0.15, 0.2) is 11.5 Å². The number of hydrogen-bond acceptors (Lipinski definition) is 9. The highest BCUT2D eigenvalue weighted by Crippen LogP contribution is 2.38. The van der Waals surface area contributed by atoms with Crippen molar-refractivity contribution in [2.45, 2.75) is 6.10 Å². The number of aliphatic hydroxyl groups excluding tert-OH is 1. The van der Waals surface area contributed by atoms with E-state index in [1.54, 1.807) is 12.1 Å². The minimum Gasteiger partial charge on any atom is -0.493 e. The van der Waals surface area contributed by atoms with E-state index in [4.69, 9.17) is 23.9 Å². The maximum absolute atomic E-state index is 9.73. The summed E-state index contributed by atoms with van der Waals surface area (Å²) in [6.45, 7) is 0.315. The molecule has 1 aromatic heterocycles. The number of ether oxygens (including phenoxy) is 3. The summed E-state index contributed by atoms with van der Waals surface area (Å²) >= 11 is 0. The highest BCUT2D eigenvalue weighted by atomic mass is 17.1. The molecule has 3 rings (SSSR count). The summed E-state index contributed by atoms with van der Waals surface area (Å²) in [6, 6.07) is 5.41. The number of benzene rings is 1. The first kappa shape index (κ1) is 17.2. The molecule has 0 aliphatic carbocycles. The van der Waals surface area contributed by atoms with Crippen molar-refractivity contribution >= 4 is 16.6 Å². The van der Waals surface area contributed by atoms with Gasteiger partial charge in [0, 0.05) is 24.8 Å². The molecule has 1 aliphatic rings. The topological polar surface area (TPSA) is 106 Å². The fraction of sp³-hybridized carbons (Fsp3) is 0.375. The first-order valence-corrected chi connectivity index (χ1v) is 7.44. The Kier molecular flexibility index (Phi) is 5.16. The molecule has 1 saturated heterocycles. The molecule has 0 unspecified atom stereocenters. The van der Waals surface area contributed by atoms with Crippen LogP contribution in [0.25, 0.3) is 10.9 Å². The van der Waals surface area contributed by atoms with E-state index in [9.17, 15) is 10.4 Å². The molecular formula is C16H17N3O6. The summed E-state index contributed by atoms with van der Waals surface area (Å²) in [5.74, 6) is 0.842. The molecule has 0 spiro atoms. The van der Waals surface area contributed by atoms with Crippen molar-refractivity contribution in [1.82, 2.24) is 4.98 Å². The maximum Gasteiger partial charge on any atom is 0.205 e. The Balaban J connectivity index is 2.00. The minimum atomic E-state index is -0.766. The molecule has 132 valence electrons. The van der Waals surface area contributed by atoms with Crippen LogP contribution in [0.2, 0.25) is 0 Å².